The number of alkyl halides is 3. The Balaban J connectivity index is 1.45. The lowest BCUT2D eigenvalue weighted by Crippen LogP contribution is -2.30. The van der Waals surface area contributed by atoms with E-state index in [-0.39, 0.29) is 28.4 Å². The fourth-order valence-electron chi connectivity index (χ4n) is 4.95. The van der Waals surface area contributed by atoms with Crippen molar-refractivity contribution >= 4 is 15.8 Å². The minimum Gasteiger partial charge on any atom is -0.492 e. The number of ketones is 1. The van der Waals surface area contributed by atoms with Crippen molar-refractivity contribution < 1.29 is 31.1 Å². The average molecular weight is 611 g/mol. The summed E-state index contributed by atoms with van der Waals surface area (Å²) < 4.78 is 74.5. The first-order valence-corrected chi connectivity index (χ1v) is 15.2. The van der Waals surface area contributed by atoms with E-state index in [1.165, 1.54) is 46.9 Å². The Morgan fingerprint density at radius 2 is 1.58 bits per heavy atom. The van der Waals surface area contributed by atoms with Gasteiger partial charge >= 0.3 is 6.18 Å². The summed E-state index contributed by atoms with van der Waals surface area (Å²) in [4.78, 5) is 26.1. The number of halogens is 3. The van der Waals surface area contributed by atoms with E-state index in [4.69, 9.17) is 4.74 Å². The summed E-state index contributed by atoms with van der Waals surface area (Å²) in [5.41, 5.74) is 0.446. The first-order valence-electron chi connectivity index (χ1n) is 13.7. The highest BCUT2D eigenvalue weighted by Gasteiger charge is 2.31. The van der Waals surface area contributed by atoms with Crippen LogP contribution in [0, 0.1) is 0 Å². The molecule has 1 saturated heterocycles. The lowest BCUT2D eigenvalue weighted by Gasteiger charge is -2.17. The molecule has 0 N–H and O–H groups in total. The number of rotatable bonds is 10. The van der Waals surface area contributed by atoms with Crippen LogP contribution in [0.5, 0.6) is 5.75 Å². The number of carbonyl (C=O) groups is 1. The van der Waals surface area contributed by atoms with Gasteiger partial charge in [-0.05, 0) is 59.9 Å². The van der Waals surface area contributed by atoms with Gasteiger partial charge in [0.25, 0.3) is 5.56 Å². The van der Waals surface area contributed by atoms with E-state index >= 15 is 0 Å². The normalized spacial score (nSPS) is 14.1. The summed E-state index contributed by atoms with van der Waals surface area (Å²) in [7, 11) is -3.82. The Hall–Kier alpha value is -4.22. The van der Waals surface area contributed by atoms with Crippen LogP contribution in [0.15, 0.2) is 101 Å². The molecule has 0 atom stereocenters. The fraction of sp³-hybridized carbons (Fsp3) is 0.250. The van der Waals surface area contributed by atoms with Gasteiger partial charge in [0, 0.05) is 31.8 Å². The molecule has 0 unspecified atom stereocenters. The smallest absolute Gasteiger partial charge is 0.416 e. The van der Waals surface area contributed by atoms with Crippen LogP contribution >= 0.6 is 0 Å². The molecule has 3 aromatic carbocycles. The van der Waals surface area contributed by atoms with Gasteiger partial charge in [-0.3, -0.25) is 9.59 Å². The number of sulfonamides is 1. The molecule has 1 aliphatic heterocycles. The fourth-order valence-corrected chi connectivity index (χ4v) is 6.49. The first kappa shape index (κ1) is 30.2. The molecule has 0 radical (unpaired) electrons. The molecule has 224 valence electrons. The Morgan fingerprint density at radius 3 is 2.30 bits per heavy atom. The average Bonchev–Trinajstić information content (AvgIpc) is 3.55. The monoisotopic (exact) mass is 610 g/mol. The van der Waals surface area contributed by atoms with E-state index in [1.54, 1.807) is 0 Å². The number of Topliss-reactive ketones (excluding diaryl/α,β-unsaturated/α-hetero) is 1. The summed E-state index contributed by atoms with van der Waals surface area (Å²) in [5, 5.41) is 0. The van der Waals surface area contributed by atoms with Gasteiger partial charge < -0.3 is 9.30 Å². The van der Waals surface area contributed by atoms with Crippen LogP contribution in [-0.2, 0) is 29.2 Å². The number of carbonyl (C=O) groups excluding carboxylic acids is 1. The van der Waals surface area contributed by atoms with Crippen LogP contribution in [0.1, 0.15) is 34.3 Å². The molecule has 0 spiro atoms. The van der Waals surface area contributed by atoms with Gasteiger partial charge in [0.1, 0.15) is 5.75 Å². The lowest BCUT2D eigenvalue weighted by molar-refractivity contribution is -0.137. The van der Waals surface area contributed by atoms with Crippen molar-refractivity contribution in [2.45, 2.75) is 36.9 Å². The zero-order valence-corrected chi connectivity index (χ0v) is 23.9. The minimum absolute atomic E-state index is 0.0824. The second kappa shape index (κ2) is 12.6. The highest BCUT2D eigenvalue weighted by molar-refractivity contribution is 7.89. The number of hydrogen-bond acceptors (Lipinski definition) is 5. The summed E-state index contributed by atoms with van der Waals surface area (Å²) >= 11 is 0. The molecule has 1 aliphatic rings. The minimum atomic E-state index is -4.52. The number of aromatic nitrogens is 1. The number of nitrogens with zero attached hydrogens (tertiary/aromatic N) is 2. The molecule has 2 heterocycles. The first-order chi connectivity index (χ1) is 20.5. The van der Waals surface area contributed by atoms with Gasteiger partial charge in [0.2, 0.25) is 10.0 Å². The molecule has 11 heteroatoms. The highest BCUT2D eigenvalue weighted by Crippen LogP contribution is 2.34. The van der Waals surface area contributed by atoms with Crippen molar-refractivity contribution in [3.63, 3.8) is 0 Å². The second-order valence-corrected chi connectivity index (χ2v) is 12.2. The van der Waals surface area contributed by atoms with Gasteiger partial charge in [0.15, 0.2) is 5.78 Å². The molecule has 7 nitrogen and oxygen atoms in total. The molecule has 1 aromatic heterocycles. The van der Waals surface area contributed by atoms with E-state index in [9.17, 15) is 31.2 Å². The van der Waals surface area contributed by atoms with Crippen LogP contribution in [0.4, 0.5) is 13.2 Å². The van der Waals surface area contributed by atoms with Crippen LogP contribution in [-0.4, -0.2) is 42.8 Å². The molecular formula is C32H29F3N2O5S. The van der Waals surface area contributed by atoms with E-state index in [1.807, 2.05) is 30.3 Å². The quantitative estimate of drug-likeness (QED) is 0.211. The van der Waals surface area contributed by atoms with Crippen molar-refractivity contribution in [3.05, 3.63) is 118 Å². The van der Waals surface area contributed by atoms with Crippen molar-refractivity contribution in [1.82, 2.24) is 8.87 Å². The molecule has 4 aromatic rings. The third-order valence-electron chi connectivity index (χ3n) is 7.27. The molecule has 0 amide bonds. The SMILES string of the molecule is O=C(Cn1cc(S(=O)(=O)N2CCCC2)ccc1=O)c1ccc(-c2cccc(C(F)(F)F)c2)cc1OCCc1ccccc1. The summed E-state index contributed by atoms with van der Waals surface area (Å²) in [6, 6.07) is 21.2. The maximum absolute atomic E-state index is 13.5. The molecular weight excluding hydrogens is 581 g/mol. The number of hydrogen-bond donors (Lipinski definition) is 0. The largest absolute Gasteiger partial charge is 0.492 e. The van der Waals surface area contributed by atoms with Crippen molar-refractivity contribution in [1.29, 1.82) is 0 Å². The van der Waals surface area contributed by atoms with Gasteiger partial charge in [0.05, 0.1) is 29.2 Å². The van der Waals surface area contributed by atoms with E-state index < -0.39 is 39.7 Å². The van der Waals surface area contributed by atoms with Gasteiger partial charge in [-0.25, -0.2) is 8.42 Å². The predicted molar refractivity (Wildman–Crippen MR) is 156 cm³/mol. The Kier molecular flexibility index (Phi) is 8.84. The topological polar surface area (TPSA) is 85.7 Å². The molecule has 0 bridgehead atoms. The van der Waals surface area contributed by atoms with Gasteiger partial charge in [-0.2, -0.15) is 17.5 Å². The molecule has 0 saturated carbocycles. The standard InChI is InChI=1S/C32H29F3N2O5S/c33-32(34,35)26-10-6-9-24(19-26)25-11-13-28(30(20-25)42-18-15-23-7-2-1-3-8-23)29(38)22-36-21-27(12-14-31(36)39)43(40,41)37-16-4-5-17-37/h1-3,6-14,19-21H,4-5,15-18,22H2. The lowest BCUT2D eigenvalue weighted by atomic mass is 9.99. The van der Waals surface area contributed by atoms with Crippen molar-refractivity contribution in [2.24, 2.45) is 0 Å². The van der Waals surface area contributed by atoms with E-state index in [0.717, 1.165) is 41.2 Å². The van der Waals surface area contributed by atoms with Crippen molar-refractivity contribution in [3.8, 4) is 16.9 Å². The Morgan fingerprint density at radius 1 is 0.860 bits per heavy atom. The van der Waals surface area contributed by atoms with E-state index in [2.05, 4.69) is 0 Å². The molecule has 43 heavy (non-hydrogen) atoms. The zero-order valence-electron chi connectivity index (χ0n) is 23.1. The van der Waals surface area contributed by atoms with Gasteiger partial charge in [-0.15, -0.1) is 0 Å². The van der Waals surface area contributed by atoms with Gasteiger partial charge in [-0.1, -0.05) is 48.5 Å². The summed E-state index contributed by atoms with van der Waals surface area (Å²) in [5.74, 6) is -0.382. The maximum Gasteiger partial charge on any atom is 0.416 e. The third-order valence-corrected chi connectivity index (χ3v) is 9.15. The number of pyridine rings is 1. The summed E-state index contributed by atoms with van der Waals surface area (Å²) in [6.07, 6.45) is -1.34. The van der Waals surface area contributed by atoms with Crippen LogP contribution in [0.2, 0.25) is 0 Å². The molecule has 5 rings (SSSR count). The second-order valence-electron chi connectivity index (χ2n) is 10.2. The Bertz CT molecular complexity index is 1780. The zero-order chi connectivity index (χ0) is 30.6. The maximum atomic E-state index is 13.5. The van der Waals surface area contributed by atoms with Crippen LogP contribution < -0.4 is 10.3 Å². The number of benzene rings is 3. The third kappa shape index (κ3) is 7.06. The Labute approximate surface area is 247 Å². The van der Waals surface area contributed by atoms with Crippen molar-refractivity contribution in [2.75, 3.05) is 19.7 Å². The number of ether oxygens (including phenoxy) is 1. The van der Waals surface area contributed by atoms with Crippen LogP contribution in [0.25, 0.3) is 11.1 Å². The molecule has 1 fully saturated rings. The highest BCUT2D eigenvalue weighted by atomic mass is 32.2. The van der Waals surface area contributed by atoms with Crippen LogP contribution in [0.3, 0.4) is 0 Å². The summed E-state index contributed by atoms with van der Waals surface area (Å²) in [6.45, 7) is 0.505. The molecule has 0 aliphatic carbocycles. The predicted octanol–water partition coefficient (Wildman–Crippen LogP) is 5.82. The van der Waals surface area contributed by atoms with E-state index in [0.29, 0.717) is 25.1 Å².